The van der Waals surface area contributed by atoms with Gasteiger partial charge in [0.25, 0.3) is 11.8 Å². The number of hydrogen-bond acceptors (Lipinski definition) is 3. The maximum atomic E-state index is 11.8. The molecule has 0 atom stereocenters. The SMILES string of the molecule is O=C(/C=C/c1ccc(N2CCCCCC2)cc1)NNC(=O)c1ccc[nH]1. The minimum absolute atomic E-state index is 0.387. The Hall–Kier alpha value is -3.02. The van der Waals surface area contributed by atoms with E-state index in [0.717, 1.165) is 18.7 Å². The highest BCUT2D eigenvalue weighted by atomic mass is 16.2. The van der Waals surface area contributed by atoms with Crippen LogP contribution >= 0.6 is 0 Å². The number of H-pyrrole nitrogens is 1. The van der Waals surface area contributed by atoms with Crippen molar-refractivity contribution >= 4 is 23.6 Å². The first-order chi connectivity index (χ1) is 12.7. The van der Waals surface area contributed by atoms with Gasteiger partial charge in [-0.2, -0.15) is 0 Å². The third kappa shape index (κ3) is 4.99. The number of hydrazine groups is 1. The number of amides is 2. The molecule has 3 rings (SSSR count). The van der Waals surface area contributed by atoms with Crippen molar-refractivity contribution < 1.29 is 9.59 Å². The highest BCUT2D eigenvalue weighted by Crippen LogP contribution is 2.20. The largest absolute Gasteiger partial charge is 0.372 e. The molecule has 2 amide bonds. The summed E-state index contributed by atoms with van der Waals surface area (Å²) in [6.45, 7) is 2.22. The van der Waals surface area contributed by atoms with E-state index in [1.807, 2.05) is 12.1 Å². The number of nitrogens with one attached hydrogen (secondary N) is 3. The second-order valence-corrected chi connectivity index (χ2v) is 6.35. The van der Waals surface area contributed by atoms with Gasteiger partial charge in [0.15, 0.2) is 0 Å². The smallest absolute Gasteiger partial charge is 0.286 e. The zero-order chi connectivity index (χ0) is 18.2. The second kappa shape index (κ2) is 8.89. The molecule has 1 saturated heterocycles. The lowest BCUT2D eigenvalue weighted by Crippen LogP contribution is -2.40. The summed E-state index contributed by atoms with van der Waals surface area (Å²) < 4.78 is 0. The lowest BCUT2D eigenvalue weighted by molar-refractivity contribution is -0.117. The first kappa shape index (κ1) is 17.8. The van der Waals surface area contributed by atoms with Crippen LogP contribution in [-0.2, 0) is 4.79 Å². The molecule has 1 fully saturated rings. The van der Waals surface area contributed by atoms with Gasteiger partial charge in [-0.15, -0.1) is 0 Å². The van der Waals surface area contributed by atoms with E-state index in [-0.39, 0.29) is 5.91 Å². The van der Waals surface area contributed by atoms with Gasteiger partial charge in [-0.05, 0) is 48.7 Å². The molecule has 0 bridgehead atoms. The van der Waals surface area contributed by atoms with E-state index < -0.39 is 5.91 Å². The number of nitrogens with zero attached hydrogens (tertiary/aromatic N) is 1. The van der Waals surface area contributed by atoms with Crippen molar-refractivity contribution in [1.82, 2.24) is 15.8 Å². The number of carbonyl (C=O) groups is 2. The summed E-state index contributed by atoms with van der Waals surface area (Å²) in [6.07, 6.45) is 9.88. The van der Waals surface area contributed by atoms with E-state index >= 15 is 0 Å². The Morgan fingerprint density at radius 3 is 2.35 bits per heavy atom. The van der Waals surface area contributed by atoms with Gasteiger partial charge in [-0.25, -0.2) is 0 Å². The van der Waals surface area contributed by atoms with Crippen molar-refractivity contribution in [3.63, 3.8) is 0 Å². The Kier molecular flexibility index (Phi) is 6.09. The van der Waals surface area contributed by atoms with Crippen molar-refractivity contribution in [1.29, 1.82) is 0 Å². The summed E-state index contributed by atoms with van der Waals surface area (Å²) >= 11 is 0. The number of benzene rings is 1. The number of anilines is 1. The third-order valence-corrected chi connectivity index (χ3v) is 4.43. The molecule has 0 unspecified atom stereocenters. The maximum Gasteiger partial charge on any atom is 0.286 e. The average Bonchev–Trinajstić information content (AvgIpc) is 3.08. The number of rotatable bonds is 4. The number of carbonyl (C=O) groups excluding carboxylic acids is 2. The van der Waals surface area contributed by atoms with Crippen LogP contribution in [0.1, 0.15) is 41.7 Å². The van der Waals surface area contributed by atoms with E-state index in [4.69, 9.17) is 0 Å². The minimum Gasteiger partial charge on any atom is -0.372 e. The van der Waals surface area contributed by atoms with Gasteiger partial charge in [-0.3, -0.25) is 20.4 Å². The summed E-state index contributed by atoms with van der Waals surface area (Å²) in [6, 6.07) is 11.5. The summed E-state index contributed by atoms with van der Waals surface area (Å²) in [7, 11) is 0. The molecule has 6 heteroatoms. The zero-order valence-electron chi connectivity index (χ0n) is 14.7. The number of aromatic amines is 1. The molecule has 1 aromatic heterocycles. The number of hydrogen-bond donors (Lipinski definition) is 3. The van der Waals surface area contributed by atoms with E-state index in [0.29, 0.717) is 5.69 Å². The first-order valence-electron chi connectivity index (χ1n) is 8.99. The highest BCUT2D eigenvalue weighted by Gasteiger charge is 2.09. The van der Waals surface area contributed by atoms with Gasteiger partial charge in [0.1, 0.15) is 5.69 Å². The fourth-order valence-corrected chi connectivity index (χ4v) is 3.00. The highest BCUT2D eigenvalue weighted by molar-refractivity contribution is 5.96. The van der Waals surface area contributed by atoms with Gasteiger partial charge in [0.05, 0.1) is 0 Å². The van der Waals surface area contributed by atoms with Crippen molar-refractivity contribution in [2.24, 2.45) is 0 Å². The Balaban J connectivity index is 1.49. The molecule has 0 spiro atoms. The number of aromatic nitrogens is 1. The van der Waals surface area contributed by atoms with Crippen molar-refractivity contribution in [3.05, 3.63) is 59.9 Å². The third-order valence-electron chi connectivity index (χ3n) is 4.43. The molecule has 1 aliphatic heterocycles. The van der Waals surface area contributed by atoms with Crippen LogP contribution in [0.3, 0.4) is 0 Å². The Bertz CT molecular complexity index is 743. The van der Waals surface area contributed by atoms with Crippen LogP contribution in [-0.4, -0.2) is 29.9 Å². The van der Waals surface area contributed by atoms with Crippen LogP contribution in [0.4, 0.5) is 5.69 Å². The van der Waals surface area contributed by atoms with Crippen LogP contribution in [0.5, 0.6) is 0 Å². The van der Waals surface area contributed by atoms with Crippen LogP contribution in [0.25, 0.3) is 6.08 Å². The van der Waals surface area contributed by atoms with Gasteiger partial charge in [-0.1, -0.05) is 25.0 Å². The van der Waals surface area contributed by atoms with E-state index in [1.165, 1.54) is 37.4 Å². The van der Waals surface area contributed by atoms with Crippen molar-refractivity contribution in [2.45, 2.75) is 25.7 Å². The molecule has 0 saturated carbocycles. The fraction of sp³-hybridized carbons (Fsp3) is 0.300. The molecule has 2 aromatic rings. The van der Waals surface area contributed by atoms with Crippen molar-refractivity contribution in [3.8, 4) is 0 Å². The quantitative estimate of drug-likeness (QED) is 0.585. The second-order valence-electron chi connectivity index (χ2n) is 6.35. The molecule has 26 heavy (non-hydrogen) atoms. The van der Waals surface area contributed by atoms with Crippen LogP contribution in [0, 0.1) is 0 Å². The molecule has 0 radical (unpaired) electrons. The summed E-state index contributed by atoms with van der Waals surface area (Å²) in [5.41, 5.74) is 7.26. The Morgan fingerprint density at radius 1 is 0.962 bits per heavy atom. The maximum absolute atomic E-state index is 11.8. The molecule has 6 nitrogen and oxygen atoms in total. The molecule has 2 heterocycles. The van der Waals surface area contributed by atoms with Gasteiger partial charge >= 0.3 is 0 Å². The van der Waals surface area contributed by atoms with Crippen LogP contribution < -0.4 is 15.8 Å². The predicted octanol–water partition coefficient (Wildman–Crippen LogP) is 2.87. The van der Waals surface area contributed by atoms with Crippen LogP contribution in [0.15, 0.2) is 48.7 Å². The monoisotopic (exact) mass is 352 g/mol. The molecular weight excluding hydrogens is 328 g/mol. The predicted molar refractivity (Wildman–Crippen MR) is 103 cm³/mol. The zero-order valence-corrected chi connectivity index (χ0v) is 14.7. The molecule has 1 aliphatic rings. The molecule has 0 aliphatic carbocycles. The molecule has 136 valence electrons. The van der Waals surface area contributed by atoms with Gasteiger partial charge in [0, 0.05) is 31.0 Å². The topological polar surface area (TPSA) is 77.2 Å². The average molecular weight is 352 g/mol. The lowest BCUT2D eigenvalue weighted by Gasteiger charge is -2.22. The van der Waals surface area contributed by atoms with E-state index in [9.17, 15) is 9.59 Å². The molecule has 3 N–H and O–H groups in total. The van der Waals surface area contributed by atoms with E-state index in [1.54, 1.807) is 24.4 Å². The summed E-state index contributed by atoms with van der Waals surface area (Å²) in [4.78, 5) is 28.7. The fourth-order valence-electron chi connectivity index (χ4n) is 3.00. The normalized spacial score (nSPS) is 14.8. The molecule has 1 aromatic carbocycles. The van der Waals surface area contributed by atoms with Gasteiger partial charge in [0.2, 0.25) is 0 Å². The molecular formula is C20H24N4O2. The Labute approximate surface area is 153 Å². The van der Waals surface area contributed by atoms with Crippen molar-refractivity contribution in [2.75, 3.05) is 18.0 Å². The Morgan fingerprint density at radius 2 is 1.69 bits per heavy atom. The summed E-state index contributed by atoms with van der Waals surface area (Å²) in [5.74, 6) is -0.778. The summed E-state index contributed by atoms with van der Waals surface area (Å²) in [5, 5.41) is 0. The van der Waals surface area contributed by atoms with E-state index in [2.05, 4.69) is 32.9 Å². The first-order valence-corrected chi connectivity index (χ1v) is 8.99. The minimum atomic E-state index is -0.390. The van der Waals surface area contributed by atoms with Crippen LogP contribution in [0.2, 0.25) is 0 Å². The lowest BCUT2D eigenvalue weighted by atomic mass is 10.1. The van der Waals surface area contributed by atoms with Gasteiger partial charge < -0.3 is 9.88 Å². The standard InChI is InChI=1S/C20H24N4O2/c25-19(22-23-20(26)18-6-5-13-21-18)12-9-16-7-10-17(11-8-16)24-14-3-1-2-4-15-24/h5-13,21H,1-4,14-15H2,(H,22,25)(H,23,26)/b12-9+.